The van der Waals surface area contributed by atoms with E-state index in [0.717, 1.165) is 6.54 Å². The molecule has 1 fully saturated rings. The molecular weight excluding hydrogens is 276 g/mol. The molecule has 2 N–H and O–H groups in total. The van der Waals surface area contributed by atoms with E-state index >= 15 is 0 Å². The Balaban J connectivity index is 2.36. The van der Waals surface area contributed by atoms with Crippen LogP contribution in [0.4, 0.5) is 4.79 Å². The fourth-order valence-corrected chi connectivity index (χ4v) is 2.71. The van der Waals surface area contributed by atoms with Gasteiger partial charge in [0.05, 0.1) is 0 Å². The zero-order valence-electron chi connectivity index (χ0n) is 15.6. The lowest BCUT2D eigenvalue weighted by Gasteiger charge is -2.30. The summed E-state index contributed by atoms with van der Waals surface area (Å²) in [4.78, 5) is 11.8. The van der Waals surface area contributed by atoms with Gasteiger partial charge in [-0.2, -0.15) is 0 Å². The second kappa shape index (κ2) is 7.67. The van der Waals surface area contributed by atoms with Crippen molar-refractivity contribution in [1.29, 1.82) is 0 Å². The van der Waals surface area contributed by atoms with E-state index < -0.39 is 5.60 Å². The van der Waals surface area contributed by atoms with Gasteiger partial charge in [-0.15, -0.1) is 0 Å². The van der Waals surface area contributed by atoms with Crippen LogP contribution < -0.4 is 10.6 Å². The Bertz CT molecular complexity index is 355. The van der Waals surface area contributed by atoms with E-state index in [1.807, 2.05) is 20.8 Å². The van der Waals surface area contributed by atoms with Crippen LogP contribution in [0.1, 0.15) is 67.7 Å². The van der Waals surface area contributed by atoms with Crippen molar-refractivity contribution in [3.63, 3.8) is 0 Å². The first-order valence-corrected chi connectivity index (χ1v) is 8.69. The van der Waals surface area contributed by atoms with E-state index in [-0.39, 0.29) is 6.09 Å². The van der Waals surface area contributed by atoms with Crippen molar-refractivity contribution in [2.24, 2.45) is 17.3 Å². The van der Waals surface area contributed by atoms with Crippen molar-refractivity contribution < 1.29 is 9.53 Å². The summed E-state index contributed by atoms with van der Waals surface area (Å²) in [6.45, 7) is 16.6. The normalized spacial score (nSPS) is 24.1. The van der Waals surface area contributed by atoms with Crippen molar-refractivity contribution in [2.75, 3.05) is 13.1 Å². The minimum absolute atomic E-state index is 0.304. The van der Waals surface area contributed by atoms with Gasteiger partial charge in [-0.3, -0.25) is 0 Å². The van der Waals surface area contributed by atoms with Crippen LogP contribution in [0.3, 0.4) is 0 Å². The Kier molecular flexibility index (Phi) is 6.72. The summed E-state index contributed by atoms with van der Waals surface area (Å²) in [7, 11) is 0. The average molecular weight is 312 g/mol. The molecule has 1 saturated carbocycles. The van der Waals surface area contributed by atoms with Crippen molar-refractivity contribution in [3.05, 3.63) is 0 Å². The van der Waals surface area contributed by atoms with Crippen molar-refractivity contribution in [2.45, 2.75) is 79.4 Å². The lowest BCUT2D eigenvalue weighted by atomic mass is 9.82. The number of nitrogens with one attached hydrogen (secondary N) is 2. The smallest absolute Gasteiger partial charge is 0.407 e. The first kappa shape index (κ1) is 19.3. The molecule has 0 bridgehead atoms. The van der Waals surface area contributed by atoms with Gasteiger partial charge in [-0.05, 0) is 57.4 Å². The van der Waals surface area contributed by atoms with Gasteiger partial charge in [-0.25, -0.2) is 4.79 Å². The van der Waals surface area contributed by atoms with E-state index in [2.05, 4.69) is 38.3 Å². The number of rotatable bonds is 5. The van der Waals surface area contributed by atoms with Gasteiger partial charge in [0.15, 0.2) is 0 Å². The number of carbonyl (C=O) groups excluding carboxylic acids is 1. The number of carbonyl (C=O) groups is 1. The highest BCUT2D eigenvalue weighted by Crippen LogP contribution is 2.28. The zero-order valence-corrected chi connectivity index (χ0v) is 15.6. The lowest BCUT2D eigenvalue weighted by molar-refractivity contribution is 0.0517. The molecule has 22 heavy (non-hydrogen) atoms. The number of ether oxygens (including phenoxy) is 1. The summed E-state index contributed by atoms with van der Waals surface area (Å²) in [5.41, 5.74) is -0.102. The second-order valence-electron chi connectivity index (χ2n) is 8.86. The molecule has 130 valence electrons. The van der Waals surface area contributed by atoms with Crippen molar-refractivity contribution in [1.82, 2.24) is 10.6 Å². The Morgan fingerprint density at radius 2 is 1.82 bits per heavy atom. The molecule has 3 unspecified atom stereocenters. The van der Waals surface area contributed by atoms with Crippen molar-refractivity contribution in [3.8, 4) is 0 Å². The molecule has 0 heterocycles. The van der Waals surface area contributed by atoms with Gasteiger partial charge in [0.25, 0.3) is 0 Å². The molecule has 4 nitrogen and oxygen atoms in total. The van der Waals surface area contributed by atoms with Gasteiger partial charge in [0.1, 0.15) is 5.60 Å². The van der Waals surface area contributed by atoms with E-state index in [9.17, 15) is 4.79 Å². The SMILES string of the molecule is CC(CNC1CCCC1CNC(=O)OC(C)(C)C)C(C)(C)C. The van der Waals surface area contributed by atoms with E-state index in [0.29, 0.717) is 29.8 Å². The molecule has 0 aromatic carbocycles. The van der Waals surface area contributed by atoms with Crippen LogP contribution in [0.2, 0.25) is 0 Å². The molecule has 0 spiro atoms. The van der Waals surface area contributed by atoms with Gasteiger partial charge in [-0.1, -0.05) is 34.1 Å². The minimum Gasteiger partial charge on any atom is -0.444 e. The maximum atomic E-state index is 11.8. The van der Waals surface area contributed by atoms with Gasteiger partial charge in [0.2, 0.25) is 0 Å². The summed E-state index contributed by atoms with van der Waals surface area (Å²) >= 11 is 0. The Hall–Kier alpha value is -0.770. The molecule has 1 aliphatic rings. The van der Waals surface area contributed by atoms with Crippen molar-refractivity contribution >= 4 is 6.09 Å². The number of hydrogen-bond acceptors (Lipinski definition) is 3. The molecule has 0 aromatic heterocycles. The fraction of sp³-hybridized carbons (Fsp3) is 0.944. The number of alkyl carbamates (subject to hydrolysis) is 1. The summed E-state index contributed by atoms with van der Waals surface area (Å²) in [5.74, 6) is 1.15. The second-order valence-corrected chi connectivity index (χ2v) is 8.86. The summed E-state index contributed by atoms with van der Waals surface area (Å²) < 4.78 is 5.31. The largest absolute Gasteiger partial charge is 0.444 e. The molecule has 1 aliphatic carbocycles. The summed E-state index contributed by atoms with van der Waals surface area (Å²) in [6, 6.07) is 0.514. The van der Waals surface area contributed by atoms with Crippen LogP contribution in [-0.4, -0.2) is 30.8 Å². The topological polar surface area (TPSA) is 50.4 Å². The Morgan fingerprint density at radius 3 is 2.36 bits per heavy atom. The molecule has 1 rings (SSSR count). The molecule has 0 aliphatic heterocycles. The minimum atomic E-state index is -0.431. The highest BCUT2D eigenvalue weighted by molar-refractivity contribution is 5.67. The molecule has 1 amide bonds. The molecular formula is C18H36N2O2. The van der Waals surface area contributed by atoms with Crippen LogP contribution in [-0.2, 0) is 4.74 Å². The molecule has 0 saturated heterocycles. The number of hydrogen-bond donors (Lipinski definition) is 2. The van der Waals surface area contributed by atoms with Crippen LogP contribution in [0.5, 0.6) is 0 Å². The first-order chi connectivity index (χ1) is 9.99. The highest BCUT2D eigenvalue weighted by atomic mass is 16.6. The monoisotopic (exact) mass is 312 g/mol. The fourth-order valence-electron chi connectivity index (χ4n) is 2.71. The van der Waals surface area contributed by atoms with Gasteiger partial charge >= 0.3 is 6.09 Å². The maximum Gasteiger partial charge on any atom is 0.407 e. The van der Waals surface area contributed by atoms with Gasteiger partial charge < -0.3 is 15.4 Å². The van der Waals surface area contributed by atoms with Crippen LogP contribution in [0, 0.1) is 17.3 Å². The third-order valence-electron chi connectivity index (χ3n) is 4.73. The molecule has 3 atom stereocenters. The highest BCUT2D eigenvalue weighted by Gasteiger charge is 2.29. The molecule has 0 radical (unpaired) electrons. The van der Waals surface area contributed by atoms with Gasteiger partial charge in [0, 0.05) is 12.6 Å². The summed E-state index contributed by atoms with van der Waals surface area (Å²) in [6.07, 6.45) is 3.32. The molecule has 4 heteroatoms. The third kappa shape index (κ3) is 6.99. The van der Waals surface area contributed by atoms with Crippen LogP contribution in [0.15, 0.2) is 0 Å². The first-order valence-electron chi connectivity index (χ1n) is 8.69. The van der Waals surface area contributed by atoms with E-state index in [1.54, 1.807) is 0 Å². The predicted molar refractivity (Wildman–Crippen MR) is 92.0 cm³/mol. The van der Waals surface area contributed by atoms with Crippen LogP contribution >= 0.6 is 0 Å². The Morgan fingerprint density at radius 1 is 1.18 bits per heavy atom. The standard InChI is InChI=1S/C18H36N2O2/c1-13(17(2,3)4)11-19-15-10-8-9-14(15)12-20-16(21)22-18(5,6)7/h13-15,19H,8-12H2,1-7H3,(H,20,21). The quantitative estimate of drug-likeness (QED) is 0.808. The zero-order chi connectivity index (χ0) is 17.0. The predicted octanol–water partition coefficient (Wildman–Crippen LogP) is 3.95. The summed E-state index contributed by atoms with van der Waals surface area (Å²) in [5, 5.41) is 6.65. The van der Waals surface area contributed by atoms with E-state index in [4.69, 9.17) is 4.74 Å². The van der Waals surface area contributed by atoms with E-state index in [1.165, 1.54) is 19.3 Å². The number of amides is 1. The Labute approximate surface area is 136 Å². The maximum absolute atomic E-state index is 11.8. The lowest BCUT2D eigenvalue weighted by Crippen LogP contribution is -2.43. The average Bonchev–Trinajstić information content (AvgIpc) is 2.77. The molecule has 0 aromatic rings. The van der Waals surface area contributed by atoms with Crippen LogP contribution in [0.25, 0.3) is 0 Å². The third-order valence-corrected chi connectivity index (χ3v) is 4.73.